The molecule has 0 fully saturated rings. The van der Waals surface area contributed by atoms with Crippen LogP contribution < -0.4 is 10.6 Å². The first-order chi connectivity index (χ1) is 18.4. The number of para-hydroxylation sites is 1. The molecule has 192 valence electrons. The smallest absolute Gasteiger partial charge is 0.259 e. The second-order valence-corrected chi connectivity index (χ2v) is 9.45. The van der Waals surface area contributed by atoms with Gasteiger partial charge in [0.15, 0.2) is 5.17 Å². The van der Waals surface area contributed by atoms with Crippen LogP contribution in [0.1, 0.15) is 17.5 Å². The summed E-state index contributed by atoms with van der Waals surface area (Å²) in [6.45, 7) is 0.189. The van der Waals surface area contributed by atoms with Crippen LogP contribution >= 0.6 is 11.8 Å². The van der Waals surface area contributed by atoms with Gasteiger partial charge in [-0.15, -0.1) is 0 Å². The molecule has 0 spiro atoms. The molecular weight excluding hydrogens is 512 g/mol. The summed E-state index contributed by atoms with van der Waals surface area (Å²) in [6, 6.07) is 17.4. The first kappa shape index (κ1) is 25.3. The van der Waals surface area contributed by atoms with Crippen LogP contribution in [0, 0.1) is 11.6 Å². The molecule has 0 aliphatic carbocycles. The maximum Gasteiger partial charge on any atom is 0.259 e. The quantitative estimate of drug-likeness (QED) is 0.479. The van der Waals surface area contributed by atoms with E-state index in [1.165, 1.54) is 41.3 Å². The molecule has 11 heteroatoms. The summed E-state index contributed by atoms with van der Waals surface area (Å²) in [5.74, 6) is -1.62. The molecule has 2 aliphatic heterocycles. The highest BCUT2D eigenvalue weighted by atomic mass is 32.2. The van der Waals surface area contributed by atoms with Crippen molar-refractivity contribution >= 4 is 51.9 Å². The third-order valence-electron chi connectivity index (χ3n) is 5.79. The van der Waals surface area contributed by atoms with Crippen molar-refractivity contribution in [2.75, 3.05) is 11.1 Å². The summed E-state index contributed by atoms with van der Waals surface area (Å²) >= 11 is 1.06. The van der Waals surface area contributed by atoms with Gasteiger partial charge in [-0.25, -0.2) is 18.7 Å². The topological polar surface area (TPSA) is 103 Å². The molecule has 5 rings (SSSR count). The average molecular weight is 534 g/mol. The maximum atomic E-state index is 13.3. The first-order valence-electron chi connectivity index (χ1n) is 11.7. The Bertz CT molecular complexity index is 1460. The van der Waals surface area contributed by atoms with Crippen LogP contribution in [-0.2, 0) is 20.9 Å². The van der Waals surface area contributed by atoms with Crippen LogP contribution in [0.5, 0.6) is 0 Å². The van der Waals surface area contributed by atoms with Gasteiger partial charge in [0.2, 0.25) is 11.8 Å². The molecule has 2 heterocycles. The Kier molecular flexibility index (Phi) is 7.27. The fraction of sp³-hybridized carbons (Fsp3) is 0.148. The molecule has 0 aromatic heterocycles. The van der Waals surface area contributed by atoms with E-state index in [0.717, 1.165) is 17.3 Å². The minimum Gasteiger partial charge on any atom is -0.352 e. The molecule has 1 atom stereocenters. The zero-order valence-electron chi connectivity index (χ0n) is 19.9. The van der Waals surface area contributed by atoms with Gasteiger partial charge in [-0.1, -0.05) is 36.0 Å². The Morgan fingerprint density at radius 3 is 2.34 bits per heavy atom. The summed E-state index contributed by atoms with van der Waals surface area (Å²) in [5, 5.41) is 5.68. The number of amides is 3. The number of amidine groups is 2. The second-order valence-electron chi connectivity index (χ2n) is 8.50. The summed E-state index contributed by atoms with van der Waals surface area (Å²) in [4.78, 5) is 48.9. The lowest BCUT2D eigenvalue weighted by molar-refractivity contribution is -0.128. The third-order valence-corrected chi connectivity index (χ3v) is 6.73. The van der Waals surface area contributed by atoms with E-state index in [0.29, 0.717) is 22.8 Å². The lowest BCUT2D eigenvalue weighted by Gasteiger charge is -2.25. The van der Waals surface area contributed by atoms with Crippen LogP contribution in [-0.4, -0.2) is 45.4 Å². The Morgan fingerprint density at radius 2 is 1.61 bits per heavy atom. The van der Waals surface area contributed by atoms with Crippen LogP contribution in [0.4, 0.5) is 20.2 Å². The Morgan fingerprint density at radius 1 is 0.921 bits per heavy atom. The molecule has 3 aromatic rings. The minimum atomic E-state index is -0.955. The summed E-state index contributed by atoms with van der Waals surface area (Å²) < 4.78 is 26.2. The van der Waals surface area contributed by atoms with E-state index >= 15 is 0 Å². The Labute approximate surface area is 220 Å². The number of fused-ring (bicyclic) bond motifs is 3. The number of nitrogens with one attached hydrogen (secondary N) is 2. The maximum absolute atomic E-state index is 13.3. The van der Waals surface area contributed by atoms with E-state index in [-0.39, 0.29) is 41.5 Å². The minimum absolute atomic E-state index is 0.0573. The number of rotatable bonds is 7. The SMILES string of the molecule is O=C(C[C@@H]1N=C2c3ccccc3N=C(SCC(=O)Nc3ccc(F)cc3)N2C1=O)NCc1ccc(F)cc1. The zero-order valence-corrected chi connectivity index (χ0v) is 20.7. The fourth-order valence-corrected chi connectivity index (χ4v) is 4.74. The van der Waals surface area contributed by atoms with Crippen molar-refractivity contribution < 1.29 is 23.2 Å². The molecule has 2 N–H and O–H groups in total. The summed E-state index contributed by atoms with van der Waals surface area (Å²) in [5.41, 5.74) is 2.41. The first-order valence-corrected chi connectivity index (χ1v) is 12.6. The number of hydrogen-bond acceptors (Lipinski definition) is 6. The highest BCUT2D eigenvalue weighted by Crippen LogP contribution is 2.34. The van der Waals surface area contributed by atoms with Gasteiger partial charge in [0.25, 0.3) is 5.91 Å². The van der Waals surface area contributed by atoms with Crippen LogP contribution in [0.2, 0.25) is 0 Å². The largest absolute Gasteiger partial charge is 0.352 e. The lowest BCUT2D eigenvalue weighted by Crippen LogP contribution is -2.42. The lowest BCUT2D eigenvalue weighted by atomic mass is 10.1. The van der Waals surface area contributed by atoms with E-state index in [1.807, 2.05) is 0 Å². The van der Waals surface area contributed by atoms with Gasteiger partial charge < -0.3 is 10.6 Å². The van der Waals surface area contributed by atoms with Crippen molar-refractivity contribution in [2.45, 2.75) is 19.0 Å². The molecule has 3 aromatic carbocycles. The van der Waals surface area contributed by atoms with Gasteiger partial charge in [-0.05, 0) is 54.1 Å². The van der Waals surface area contributed by atoms with Crippen molar-refractivity contribution in [3.8, 4) is 0 Å². The van der Waals surface area contributed by atoms with E-state index < -0.39 is 17.8 Å². The third kappa shape index (κ3) is 5.62. The zero-order chi connectivity index (χ0) is 26.6. The molecular formula is C27H21F2N5O3S. The summed E-state index contributed by atoms with van der Waals surface area (Å²) in [6.07, 6.45) is -0.175. The molecule has 0 bridgehead atoms. The van der Waals surface area contributed by atoms with Gasteiger partial charge in [-0.2, -0.15) is 0 Å². The predicted molar refractivity (Wildman–Crippen MR) is 141 cm³/mol. The van der Waals surface area contributed by atoms with Crippen LogP contribution in [0.3, 0.4) is 0 Å². The van der Waals surface area contributed by atoms with E-state index in [1.54, 1.807) is 36.4 Å². The van der Waals surface area contributed by atoms with Crippen molar-refractivity contribution in [1.29, 1.82) is 0 Å². The molecule has 8 nitrogen and oxygen atoms in total. The van der Waals surface area contributed by atoms with Crippen molar-refractivity contribution in [1.82, 2.24) is 10.2 Å². The number of aliphatic imine (C=N–C) groups is 2. The van der Waals surface area contributed by atoms with Gasteiger partial charge >= 0.3 is 0 Å². The van der Waals surface area contributed by atoms with Gasteiger partial charge in [0.1, 0.15) is 23.5 Å². The van der Waals surface area contributed by atoms with Crippen LogP contribution in [0.25, 0.3) is 0 Å². The number of anilines is 1. The fourth-order valence-electron chi connectivity index (χ4n) is 3.94. The van der Waals surface area contributed by atoms with Gasteiger partial charge in [-0.3, -0.25) is 19.4 Å². The number of nitrogens with zero attached hydrogens (tertiary/aromatic N) is 3. The van der Waals surface area contributed by atoms with Crippen molar-refractivity contribution in [3.63, 3.8) is 0 Å². The van der Waals surface area contributed by atoms with Gasteiger partial charge in [0, 0.05) is 17.8 Å². The predicted octanol–water partition coefficient (Wildman–Crippen LogP) is 4.00. The molecule has 38 heavy (non-hydrogen) atoms. The number of benzene rings is 3. The molecule has 0 unspecified atom stereocenters. The molecule has 2 aliphatic rings. The Balaban J connectivity index is 1.27. The normalized spacial score (nSPS) is 15.8. The van der Waals surface area contributed by atoms with Crippen LogP contribution in [0.15, 0.2) is 82.8 Å². The molecule has 3 amide bonds. The van der Waals surface area contributed by atoms with Crippen molar-refractivity contribution in [3.05, 3.63) is 95.6 Å². The molecule has 0 radical (unpaired) electrons. The number of thioether (sulfide) groups is 1. The highest BCUT2D eigenvalue weighted by molar-refractivity contribution is 8.14. The molecule has 0 saturated carbocycles. The van der Waals surface area contributed by atoms with E-state index in [4.69, 9.17) is 0 Å². The number of carbonyl (C=O) groups excluding carboxylic acids is 3. The highest BCUT2D eigenvalue weighted by Gasteiger charge is 2.42. The number of hydrogen-bond donors (Lipinski definition) is 2. The average Bonchev–Trinajstić information content (AvgIpc) is 3.24. The van der Waals surface area contributed by atoms with E-state index in [2.05, 4.69) is 20.6 Å². The Hall–Kier alpha value is -4.38. The second kappa shape index (κ2) is 10.9. The summed E-state index contributed by atoms with van der Waals surface area (Å²) in [7, 11) is 0. The van der Waals surface area contributed by atoms with E-state index in [9.17, 15) is 23.2 Å². The van der Waals surface area contributed by atoms with Gasteiger partial charge in [0.05, 0.1) is 17.9 Å². The number of halogens is 2. The van der Waals surface area contributed by atoms with Crippen molar-refractivity contribution in [2.24, 2.45) is 9.98 Å². The standard InChI is InChI=1S/C27H21F2N5O3S/c28-17-7-5-16(6-8-17)14-30-23(35)13-22-26(37)34-25(32-22)20-3-1-2-4-21(20)33-27(34)38-15-24(36)31-19-11-9-18(29)10-12-19/h1-12,22H,13-15H2,(H,30,35)(H,31,36)/t22-/m0/s1. The number of carbonyl (C=O) groups is 3. The molecule has 0 saturated heterocycles. The monoisotopic (exact) mass is 533 g/mol.